The van der Waals surface area contributed by atoms with Gasteiger partial charge in [0.15, 0.2) is 5.75 Å². The summed E-state index contributed by atoms with van der Waals surface area (Å²) in [5, 5.41) is 11.9. The van der Waals surface area contributed by atoms with Gasteiger partial charge in [0.1, 0.15) is 5.01 Å². The number of benzene rings is 1. The van der Waals surface area contributed by atoms with E-state index in [0.717, 1.165) is 18.2 Å². The second-order valence-corrected chi connectivity index (χ2v) is 5.69. The van der Waals surface area contributed by atoms with Crippen LogP contribution in [0.25, 0.3) is 0 Å². The number of nitro benzene ring substituents is 1. The molecule has 0 saturated carbocycles. The Hall–Kier alpha value is -2.69. The third kappa shape index (κ3) is 4.24. The maximum Gasteiger partial charge on any atom is 0.432 e. The number of nitrogens with zero attached hydrogens (tertiary/aromatic N) is 2. The molecule has 1 heterocycles. The fourth-order valence-electron chi connectivity index (χ4n) is 1.88. The summed E-state index contributed by atoms with van der Waals surface area (Å²) in [5.41, 5.74) is -0.619. The van der Waals surface area contributed by atoms with Crippen LogP contribution in [0.4, 0.5) is 18.9 Å². The molecule has 0 radical (unpaired) electrons. The van der Waals surface area contributed by atoms with Crippen molar-refractivity contribution in [2.45, 2.75) is 19.2 Å². The van der Waals surface area contributed by atoms with Crippen LogP contribution in [0.5, 0.6) is 5.75 Å². The molecule has 0 fully saturated rings. The van der Waals surface area contributed by atoms with Gasteiger partial charge in [-0.25, -0.2) is 9.78 Å². The molecule has 0 saturated heterocycles. The molecule has 0 aliphatic heterocycles. The third-order valence-electron chi connectivity index (χ3n) is 2.99. The van der Waals surface area contributed by atoms with Gasteiger partial charge in [0.2, 0.25) is 6.10 Å². The maximum absolute atomic E-state index is 13.2. The number of thiazole rings is 1. The largest absolute Gasteiger partial charge is 0.490 e. The van der Waals surface area contributed by atoms with Crippen molar-refractivity contribution in [3.05, 3.63) is 50.0 Å². The number of hydrogen-bond donors (Lipinski definition) is 0. The summed E-state index contributed by atoms with van der Waals surface area (Å²) in [6, 6.07) is 2.97. The summed E-state index contributed by atoms with van der Waals surface area (Å²) < 4.78 is 48.8. The topological polar surface area (TPSA) is 91.6 Å². The van der Waals surface area contributed by atoms with Crippen molar-refractivity contribution >= 4 is 23.0 Å². The highest BCUT2D eigenvalue weighted by Crippen LogP contribution is 2.38. The van der Waals surface area contributed by atoms with Crippen molar-refractivity contribution in [3.8, 4) is 5.75 Å². The lowest BCUT2D eigenvalue weighted by Crippen LogP contribution is -2.26. The minimum Gasteiger partial charge on any atom is -0.490 e. The summed E-state index contributed by atoms with van der Waals surface area (Å²) in [6.07, 6.45) is -7.43. The number of ether oxygens (including phenoxy) is 2. The van der Waals surface area contributed by atoms with Crippen LogP contribution in [0.15, 0.2) is 23.6 Å². The lowest BCUT2D eigenvalue weighted by molar-refractivity contribution is -0.385. The average Bonchev–Trinajstić information content (AvgIpc) is 2.96. The predicted molar refractivity (Wildman–Crippen MR) is 80.7 cm³/mol. The normalized spacial score (nSPS) is 12.5. The zero-order valence-corrected chi connectivity index (χ0v) is 13.7. The van der Waals surface area contributed by atoms with Crippen LogP contribution in [-0.4, -0.2) is 29.2 Å². The number of alkyl halides is 3. The summed E-state index contributed by atoms with van der Waals surface area (Å²) in [6.45, 7) is 1.50. The van der Waals surface area contributed by atoms with Gasteiger partial charge in [-0.2, -0.15) is 13.2 Å². The van der Waals surface area contributed by atoms with Gasteiger partial charge in [0.25, 0.3) is 0 Å². The first kappa shape index (κ1) is 18.6. The molecular formula is C14H11F3N2O5S. The van der Waals surface area contributed by atoms with Crippen LogP contribution in [0.1, 0.15) is 27.2 Å². The highest BCUT2D eigenvalue weighted by Gasteiger charge is 2.46. The van der Waals surface area contributed by atoms with E-state index in [4.69, 9.17) is 4.74 Å². The van der Waals surface area contributed by atoms with Gasteiger partial charge in [-0.1, -0.05) is 0 Å². The zero-order chi connectivity index (χ0) is 18.8. The second-order valence-electron chi connectivity index (χ2n) is 4.80. The molecule has 7 nitrogen and oxygen atoms in total. The van der Waals surface area contributed by atoms with E-state index < -0.39 is 39.4 Å². The van der Waals surface area contributed by atoms with Crippen LogP contribution >= 0.6 is 11.3 Å². The highest BCUT2D eigenvalue weighted by atomic mass is 32.1. The van der Waals surface area contributed by atoms with Crippen molar-refractivity contribution in [1.29, 1.82) is 0 Å². The van der Waals surface area contributed by atoms with Crippen molar-refractivity contribution in [3.63, 3.8) is 0 Å². The lowest BCUT2D eigenvalue weighted by Gasteiger charge is -2.18. The van der Waals surface area contributed by atoms with E-state index in [1.54, 1.807) is 0 Å². The van der Waals surface area contributed by atoms with E-state index in [2.05, 4.69) is 9.72 Å². The summed E-state index contributed by atoms with van der Waals surface area (Å²) >= 11 is 0.699. The molecule has 134 valence electrons. The molecule has 0 bridgehead atoms. The Kier molecular flexibility index (Phi) is 5.26. The highest BCUT2D eigenvalue weighted by molar-refractivity contribution is 7.09. The Morgan fingerprint density at radius 1 is 1.40 bits per heavy atom. The standard InChI is InChI=1S/C14H11F3N2O5S/c1-7-6-25-12(18-7)11(14(15,16)17)24-13(20)8-3-4-10(23-2)9(5-8)19(21)22/h3-6,11H,1-2H3. The first-order valence-corrected chi connectivity index (χ1v) is 7.53. The van der Waals surface area contributed by atoms with E-state index in [-0.39, 0.29) is 5.75 Å². The first-order valence-electron chi connectivity index (χ1n) is 6.65. The zero-order valence-electron chi connectivity index (χ0n) is 12.9. The van der Waals surface area contributed by atoms with Crippen molar-refractivity contribution < 1.29 is 32.4 Å². The molecule has 0 aliphatic rings. The Balaban J connectivity index is 2.33. The fourth-order valence-corrected chi connectivity index (χ4v) is 2.73. The minimum atomic E-state index is -4.88. The van der Waals surface area contributed by atoms with Gasteiger partial charge in [0, 0.05) is 17.1 Å². The molecule has 0 amide bonds. The molecule has 1 aromatic carbocycles. The van der Waals surface area contributed by atoms with Gasteiger partial charge < -0.3 is 9.47 Å². The number of methoxy groups -OCH3 is 1. The molecule has 0 N–H and O–H groups in total. The van der Waals surface area contributed by atoms with Gasteiger partial charge in [0.05, 0.1) is 17.6 Å². The van der Waals surface area contributed by atoms with Crippen LogP contribution in [-0.2, 0) is 4.74 Å². The number of aromatic nitrogens is 1. The Morgan fingerprint density at radius 2 is 2.08 bits per heavy atom. The van der Waals surface area contributed by atoms with Gasteiger partial charge in [-0.05, 0) is 19.1 Å². The number of carbonyl (C=O) groups excluding carboxylic acids is 1. The Bertz CT molecular complexity index is 806. The predicted octanol–water partition coefficient (Wildman–Crippen LogP) is 3.83. The molecule has 1 aromatic heterocycles. The molecule has 1 atom stereocenters. The van der Waals surface area contributed by atoms with Gasteiger partial charge in [-0.3, -0.25) is 10.1 Å². The number of aryl methyl sites for hydroxylation is 1. The number of hydrogen-bond acceptors (Lipinski definition) is 7. The van der Waals surface area contributed by atoms with Crippen LogP contribution in [0.2, 0.25) is 0 Å². The molecule has 0 aliphatic carbocycles. The molecule has 11 heteroatoms. The van der Waals surface area contributed by atoms with Crippen molar-refractivity contribution in [2.75, 3.05) is 7.11 Å². The fraction of sp³-hybridized carbons (Fsp3) is 0.286. The van der Waals surface area contributed by atoms with Gasteiger partial charge in [-0.15, -0.1) is 11.3 Å². The molecule has 1 unspecified atom stereocenters. The third-order valence-corrected chi connectivity index (χ3v) is 4.00. The Labute approximate surface area is 143 Å². The van der Waals surface area contributed by atoms with Crippen molar-refractivity contribution in [1.82, 2.24) is 4.98 Å². The molecule has 2 aromatic rings. The SMILES string of the molecule is COc1ccc(C(=O)OC(c2nc(C)cs2)C(F)(F)F)cc1[N+](=O)[O-]. The number of rotatable bonds is 5. The van der Waals surface area contributed by atoms with Crippen molar-refractivity contribution in [2.24, 2.45) is 0 Å². The number of nitro groups is 1. The van der Waals surface area contributed by atoms with E-state index in [9.17, 15) is 28.1 Å². The monoisotopic (exact) mass is 376 g/mol. The molecule has 0 spiro atoms. The van der Waals surface area contributed by atoms with Gasteiger partial charge >= 0.3 is 17.8 Å². The number of esters is 1. The van der Waals surface area contributed by atoms with E-state index >= 15 is 0 Å². The quantitative estimate of drug-likeness (QED) is 0.447. The minimum absolute atomic E-state index is 0.135. The van der Waals surface area contributed by atoms with Crippen LogP contribution < -0.4 is 4.74 Å². The summed E-state index contributed by atoms with van der Waals surface area (Å²) in [5.74, 6) is -1.49. The van der Waals surface area contributed by atoms with E-state index in [1.165, 1.54) is 19.4 Å². The molecule has 2 rings (SSSR count). The number of halogens is 3. The lowest BCUT2D eigenvalue weighted by atomic mass is 10.2. The Morgan fingerprint density at radius 3 is 2.56 bits per heavy atom. The maximum atomic E-state index is 13.2. The second kappa shape index (κ2) is 7.05. The molecular weight excluding hydrogens is 365 g/mol. The smallest absolute Gasteiger partial charge is 0.432 e. The summed E-state index contributed by atoms with van der Waals surface area (Å²) in [7, 11) is 1.19. The van der Waals surface area contributed by atoms with E-state index in [1.807, 2.05) is 0 Å². The van der Waals surface area contributed by atoms with E-state index in [0.29, 0.717) is 17.0 Å². The average molecular weight is 376 g/mol. The molecule has 25 heavy (non-hydrogen) atoms. The van der Waals surface area contributed by atoms with Crippen LogP contribution in [0.3, 0.4) is 0 Å². The van der Waals surface area contributed by atoms with Crippen LogP contribution in [0, 0.1) is 17.0 Å². The number of carbonyl (C=O) groups is 1. The first-order chi connectivity index (χ1) is 11.6. The summed E-state index contributed by atoms with van der Waals surface area (Å²) in [4.78, 5) is 25.9.